The molecule has 0 aliphatic carbocycles. The average molecular weight is 454 g/mol. The van der Waals surface area contributed by atoms with Crippen LogP contribution in [0.1, 0.15) is 42.6 Å². The number of pyridine rings is 1. The molecule has 168 valence electrons. The number of aromatic nitrogens is 2. The number of Topliss-reactive ketones (excluding diaryl/α,β-unsaturated/α-hetero) is 1. The van der Waals surface area contributed by atoms with Crippen molar-refractivity contribution in [2.75, 3.05) is 5.73 Å². The molecule has 0 bridgehead atoms. The summed E-state index contributed by atoms with van der Waals surface area (Å²) in [5.74, 6) is -0.450. The fraction of sp³-hybridized carbons (Fsp3) is 0.348. The molecule has 3 aromatic rings. The molecule has 32 heavy (non-hydrogen) atoms. The van der Waals surface area contributed by atoms with Gasteiger partial charge in [-0.15, -0.1) is 11.3 Å². The number of nitrogens with two attached hydrogens (primary N) is 1. The van der Waals surface area contributed by atoms with Crippen molar-refractivity contribution < 1.29 is 14.4 Å². The minimum absolute atomic E-state index is 0.178. The molecular weight excluding hydrogens is 426 g/mol. The summed E-state index contributed by atoms with van der Waals surface area (Å²) in [5, 5.41) is 5.84. The average Bonchev–Trinajstić information content (AvgIpc) is 3.17. The van der Waals surface area contributed by atoms with Gasteiger partial charge in [-0.05, 0) is 36.1 Å². The van der Waals surface area contributed by atoms with Crippen molar-refractivity contribution in [3.8, 4) is 0 Å². The smallest absolute Gasteiger partial charge is 0.243 e. The molecule has 4 N–H and O–H groups in total. The summed E-state index contributed by atoms with van der Waals surface area (Å²) in [7, 11) is 0. The van der Waals surface area contributed by atoms with Gasteiger partial charge in [0, 0.05) is 19.5 Å². The first-order valence-electron chi connectivity index (χ1n) is 10.4. The molecule has 0 aliphatic heterocycles. The van der Waals surface area contributed by atoms with E-state index in [1.807, 2.05) is 38.1 Å². The van der Waals surface area contributed by atoms with Gasteiger partial charge in [0.25, 0.3) is 0 Å². The van der Waals surface area contributed by atoms with Gasteiger partial charge in [0.1, 0.15) is 11.9 Å². The molecule has 2 unspecified atom stereocenters. The van der Waals surface area contributed by atoms with Crippen LogP contribution < -0.4 is 16.4 Å². The predicted molar refractivity (Wildman–Crippen MR) is 125 cm³/mol. The molecule has 2 aromatic heterocycles. The van der Waals surface area contributed by atoms with Crippen LogP contribution >= 0.6 is 11.3 Å². The van der Waals surface area contributed by atoms with Gasteiger partial charge >= 0.3 is 0 Å². The number of amides is 2. The number of rotatable bonds is 9. The molecule has 0 aliphatic rings. The lowest BCUT2D eigenvalue weighted by atomic mass is 10.00. The summed E-state index contributed by atoms with van der Waals surface area (Å²) >= 11 is 1.29. The summed E-state index contributed by atoms with van der Waals surface area (Å²) in [6.45, 7) is 5.29. The Morgan fingerprint density at radius 1 is 1.06 bits per heavy atom. The van der Waals surface area contributed by atoms with E-state index in [1.165, 1.54) is 18.3 Å². The van der Waals surface area contributed by atoms with Crippen molar-refractivity contribution in [1.82, 2.24) is 20.6 Å². The van der Waals surface area contributed by atoms with E-state index in [2.05, 4.69) is 20.6 Å². The number of ketones is 1. The van der Waals surface area contributed by atoms with E-state index in [-0.39, 0.29) is 24.0 Å². The van der Waals surface area contributed by atoms with E-state index < -0.39 is 18.0 Å². The van der Waals surface area contributed by atoms with Gasteiger partial charge in [-0.3, -0.25) is 14.4 Å². The first-order valence-corrected chi connectivity index (χ1v) is 11.2. The highest BCUT2D eigenvalue weighted by atomic mass is 32.1. The summed E-state index contributed by atoms with van der Waals surface area (Å²) in [4.78, 5) is 46.6. The zero-order chi connectivity index (χ0) is 23.3. The van der Waals surface area contributed by atoms with Crippen molar-refractivity contribution in [2.24, 2.45) is 5.92 Å². The molecule has 0 fully saturated rings. The zero-order valence-corrected chi connectivity index (χ0v) is 19.1. The number of hydrogen-bond donors (Lipinski definition) is 3. The largest absolute Gasteiger partial charge is 0.384 e. The van der Waals surface area contributed by atoms with Gasteiger partial charge in [0.05, 0.1) is 16.3 Å². The summed E-state index contributed by atoms with van der Waals surface area (Å²) in [6.07, 6.45) is 2.26. The van der Waals surface area contributed by atoms with E-state index >= 15 is 0 Å². The van der Waals surface area contributed by atoms with Gasteiger partial charge in [0.2, 0.25) is 17.6 Å². The number of fused-ring (bicyclic) bond motifs is 1. The molecular formula is C23H27N5O3S. The Labute approximate surface area is 190 Å². The first-order chi connectivity index (χ1) is 15.2. The quantitative estimate of drug-likeness (QED) is 0.428. The number of nitrogens with one attached hydrogen (secondary N) is 2. The minimum Gasteiger partial charge on any atom is -0.384 e. The van der Waals surface area contributed by atoms with E-state index in [0.717, 1.165) is 15.8 Å². The van der Waals surface area contributed by atoms with Gasteiger partial charge in [0.15, 0.2) is 5.01 Å². The van der Waals surface area contributed by atoms with Crippen molar-refractivity contribution in [3.63, 3.8) is 0 Å². The second-order valence-corrected chi connectivity index (χ2v) is 9.12. The van der Waals surface area contributed by atoms with E-state index in [9.17, 15) is 14.4 Å². The number of nitrogens with zero attached hydrogens (tertiary/aromatic N) is 2. The Kier molecular flexibility index (Phi) is 7.53. The lowest BCUT2D eigenvalue weighted by Crippen LogP contribution is -2.52. The number of carbonyl (C=O) groups excluding carboxylic acids is 3. The maximum Gasteiger partial charge on any atom is 0.243 e. The standard InChI is InChI=1S/C23H27N5O3S/c1-13(2)10-18(26-14(3)29)22(31)27-17(11-15-8-9-20(24)25-12-15)21(30)23-28-16-6-4-5-7-19(16)32-23/h4-9,12-13,17-18H,10-11H2,1-3H3,(H2,24,25)(H,26,29)(H,27,31). The molecule has 0 radical (unpaired) electrons. The SMILES string of the molecule is CC(=O)NC(CC(C)C)C(=O)NC(Cc1ccc(N)nc1)C(=O)c1nc2ccccc2s1. The second kappa shape index (κ2) is 10.3. The Bertz CT molecular complexity index is 1080. The molecule has 2 heterocycles. The van der Waals surface area contributed by atoms with Gasteiger partial charge in [-0.2, -0.15) is 0 Å². The van der Waals surface area contributed by atoms with Crippen LogP contribution in [0.2, 0.25) is 0 Å². The first kappa shape index (κ1) is 23.3. The third kappa shape index (κ3) is 6.10. The van der Waals surface area contributed by atoms with Crippen molar-refractivity contribution in [1.29, 1.82) is 0 Å². The van der Waals surface area contributed by atoms with Crippen molar-refractivity contribution in [3.05, 3.63) is 53.2 Å². The van der Waals surface area contributed by atoms with Crippen LogP contribution in [-0.4, -0.2) is 39.6 Å². The Balaban J connectivity index is 1.88. The van der Waals surface area contributed by atoms with Gasteiger partial charge in [-0.1, -0.05) is 32.0 Å². The van der Waals surface area contributed by atoms with Gasteiger partial charge < -0.3 is 16.4 Å². The topological polar surface area (TPSA) is 127 Å². The van der Waals surface area contributed by atoms with Crippen LogP contribution in [0, 0.1) is 5.92 Å². The third-order valence-electron chi connectivity index (χ3n) is 4.83. The molecule has 9 heteroatoms. The van der Waals surface area contributed by atoms with E-state index in [1.54, 1.807) is 18.3 Å². The molecule has 2 atom stereocenters. The number of hydrogen-bond acceptors (Lipinski definition) is 7. The maximum absolute atomic E-state index is 13.4. The number of anilines is 1. The summed E-state index contributed by atoms with van der Waals surface area (Å²) in [6, 6.07) is 9.31. The molecule has 0 saturated carbocycles. The fourth-order valence-electron chi connectivity index (χ4n) is 3.35. The van der Waals surface area contributed by atoms with Crippen molar-refractivity contribution in [2.45, 2.75) is 45.7 Å². The number of nitrogen functional groups attached to an aromatic ring is 1. The zero-order valence-electron chi connectivity index (χ0n) is 18.3. The minimum atomic E-state index is -0.864. The molecule has 2 amide bonds. The maximum atomic E-state index is 13.4. The number of benzene rings is 1. The Morgan fingerprint density at radius 2 is 1.81 bits per heavy atom. The van der Waals surface area contributed by atoms with Crippen LogP contribution in [0.25, 0.3) is 10.2 Å². The monoisotopic (exact) mass is 453 g/mol. The van der Waals surface area contributed by atoms with Crippen LogP contribution in [-0.2, 0) is 16.0 Å². The van der Waals surface area contributed by atoms with Crippen LogP contribution in [0.15, 0.2) is 42.6 Å². The molecule has 0 saturated heterocycles. The number of thiazole rings is 1. The lowest BCUT2D eigenvalue weighted by Gasteiger charge is -2.23. The molecule has 3 rings (SSSR count). The third-order valence-corrected chi connectivity index (χ3v) is 5.88. The Morgan fingerprint density at radius 3 is 2.44 bits per heavy atom. The van der Waals surface area contributed by atoms with Crippen LogP contribution in [0.3, 0.4) is 0 Å². The molecule has 0 spiro atoms. The number of para-hydroxylation sites is 1. The normalized spacial score (nSPS) is 13.0. The van der Waals surface area contributed by atoms with Crippen molar-refractivity contribution >= 4 is 45.0 Å². The molecule has 8 nitrogen and oxygen atoms in total. The van der Waals surface area contributed by atoms with Crippen LogP contribution in [0.4, 0.5) is 5.82 Å². The summed E-state index contributed by atoms with van der Waals surface area (Å²) < 4.78 is 0.894. The number of carbonyl (C=O) groups is 3. The predicted octanol–water partition coefficient (Wildman–Crippen LogP) is 2.73. The fourth-order valence-corrected chi connectivity index (χ4v) is 4.31. The van der Waals surface area contributed by atoms with Crippen LogP contribution in [0.5, 0.6) is 0 Å². The highest BCUT2D eigenvalue weighted by Gasteiger charge is 2.29. The Hall–Kier alpha value is -3.33. The highest BCUT2D eigenvalue weighted by Crippen LogP contribution is 2.23. The summed E-state index contributed by atoms with van der Waals surface area (Å²) in [5.41, 5.74) is 7.15. The highest BCUT2D eigenvalue weighted by molar-refractivity contribution is 7.20. The van der Waals surface area contributed by atoms with E-state index in [4.69, 9.17) is 5.73 Å². The molecule has 1 aromatic carbocycles. The second-order valence-electron chi connectivity index (χ2n) is 8.09. The van der Waals surface area contributed by atoms with Gasteiger partial charge in [-0.25, -0.2) is 9.97 Å². The van der Waals surface area contributed by atoms with E-state index in [0.29, 0.717) is 17.2 Å². The lowest BCUT2D eigenvalue weighted by molar-refractivity contribution is -0.128.